The zero-order chi connectivity index (χ0) is 12.4. The van der Waals surface area contributed by atoms with E-state index in [2.05, 4.69) is 39.2 Å². The molecule has 1 aromatic heterocycles. The van der Waals surface area contributed by atoms with Crippen molar-refractivity contribution in [1.29, 1.82) is 0 Å². The lowest BCUT2D eigenvalue weighted by atomic mass is 9.93. The number of piperidine rings is 1. The van der Waals surface area contributed by atoms with Crippen LogP contribution in [0.25, 0.3) is 0 Å². The van der Waals surface area contributed by atoms with E-state index in [0.29, 0.717) is 6.04 Å². The van der Waals surface area contributed by atoms with E-state index in [1.165, 1.54) is 4.88 Å². The zero-order valence-electron chi connectivity index (χ0n) is 9.86. The first-order valence-corrected chi connectivity index (χ1v) is 7.50. The third-order valence-corrected chi connectivity index (χ3v) is 5.08. The van der Waals surface area contributed by atoms with Gasteiger partial charge in [-0.1, -0.05) is 0 Å². The SMILES string of the molecule is CC1CCC(C(N)=O)CN1Cc1cc(Br)cs1. The molecule has 1 aliphatic heterocycles. The fourth-order valence-electron chi connectivity index (χ4n) is 2.27. The highest BCUT2D eigenvalue weighted by molar-refractivity contribution is 9.10. The van der Waals surface area contributed by atoms with Crippen LogP contribution in [0, 0.1) is 5.92 Å². The molecule has 5 heteroatoms. The maximum atomic E-state index is 11.3. The van der Waals surface area contributed by atoms with Gasteiger partial charge < -0.3 is 5.73 Å². The molecule has 0 radical (unpaired) electrons. The predicted octanol–water partition coefficient (Wildman–Crippen LogP) is 2.60. The van der Waals surface area contributed by atoms with Gasteiger partial charge in [0.2, 0.25) is 5.91 Å². The number of carbonyl (C=O) groups is 1. The molecule has 2 unspecified atom stereocenters. The van der Waals surface area contributed by atoms with Crippen LogP contribution in [0.1, 0.15) is 24.6 Å². The number of carbonyl (C=O) groups excluding carboxylic acids is 1. The number of halogens is 1. The number of primary amides is 1. The number of amides is 1. The molecule has 94 valence electrons. The molecule has 3 nitrogen and oxygen atoms in total. The molecule has 2 atom stereocenters. The average Bonchev–Trinajstić information content (AvgIpc) is 2.67. The van der Waals surface area contributed by atoms with Crippen molar-refractivity contribution in [3.63, 3.8) is 0 Å². The molecule has 0 saturated carbocycles. The van der Waals surface area contributed by atoms with Crippen LogP contribution in [0.5, 0.6) is 0 Å². The van der Waals surface area contributed by atoms with Crippen LogP contribution in [0.3, 0.4) is 0 Å². The molecule has 2 N–H and O–H groups in total. The summed E-state index contributed by atoms with van der Waals surface area (Å²) in [5, 5.41) is 2.09. The minimum absolute atomic E-state index is 0.0228. The first kappa shape index (κ1) is 13.1. The van der Waals surface area contributed by atoms with Gasteiger partial charge in [0.25, 0.3) is 0 Å². The van der Waals surface area contributed by atoms with Crippen molar-refractivity contribution in [2.24, 2.45) is 11.7 Å². The quantitative estimate of drug-likeness (QED) is 0.931. The van der Waals surface area contributed by atoms with E-state index in [1.54, 1.807) is 11.3 Å². The highest BCUT2D eigenvalue weighted by Gasteiger charge is 2.28. The highest BCUT2D eigenvalue weighted by Crippen LogP contribution is 2.26. The second-order valence-electron chi connectivity index (χ2n) is 4.69. The molecule has 1 aliphatic rings. The van der Waals surface area contributed by atoms with Crippen molar-refractivity contribution in [3.8, 4) is 0 Å². The Hall–Kier alpha value is -0.390. The Morgan fingerprint density at radius 3 is 3.00 bits per heavy atom. The number of likely N-dealkylation sites (tertiary alicyclic amines) is 1. The minimum atomic E-state index is -0.158. The molecule has 2 heterocycles. The van der Waals surface area contributed by atoms with E-state index >= 15 is 0 Å². The fourth-order valence-corrected chi connectivity index (χ4v) is 3.74. The normalized spacial score (nSPS) is 26.0. The first-order chi connectivity index (χ1) is 8.06. The Balaban J connectivity index is 2.00. The molecule has 2 rings (SSSR count). The van der Waals surface area contributed by atoms with Crippen LogP contribution in [-0.2, 0) is 11.3 Å². The van der Waals surface area contributed by atoms with Crippen molar-refractivity contribution in [3.05, 3.63) is 20.8 Å². The van der Waals surface area contributed by atoms with E-state index in [9.17, 15) is 4.79 Å². The zero-order valence-corrected chi connectivity index (χ0v) is 12.3. The lowest BCUT2D eigenvalue weighted by Crippen LogP contribution is -2.45. The Kier molecular flexibility index (Phi) is 4.22. The molecule has 0 aliphatic carbocycles. The van der Waals surface area contributed by atoms with Crippen LogP contribution in [0.4, 0.5) is 0 Å². The second kappa shape index (κ2) is 5.50. The lowest BCUT2D eigenvalue weighted by Gasteiger charge is -2.36. The van der Waals surface area contributed by atoms with Gasteiger partial charge in [-0.05, 0) is 41.8 Å². The highest BCUT2D eigenvalue weighted by atomic mass is 79.9. The Bertz CT molecular complexity index is 407. The molecule has 1 fully saturated rings. The second-order valence-corrected chi connectivity index (χ2v) is 6.60. The number of rotatable bonds is 3. The summed E-state index contributed by atoms with van der Waals surface area (Å²) in [5.41, 5.74) is 5.40. The van der Waals surface area contributed by atoms with Crippen molar-refractivity contribution in [1.82, 2.24) is 4.90 Å². The number of nitrogens with two attached hydrogens (primary N) is 1. The molecule has 1 aromatic rings. The van der Waals surface area contributed by atoms with Crippen LogP contribution in [0.2, 0.25) is 0 Å². The summed E-state index contributed by atoms with van der Waals surface area (Å²) in [6.45, 7) is 3.94. The topological polar surface area (TPSA) is 46.3 Å². The average molecular weight is 317 g/mol. The number of hydrogen-bond acceptors (Lipinski definition) is 3. The summed E-state index contributed by atoms with van der Waals surface area (Å²) < 4.78 is 1.13. The third-order valence-electron chi connectivity index (χ3n) is 3.39. The fraction of sp³-hybridized carbons (Fsp3) is 0.583. The third kappa shape index (κ3) is 3.30. The Morgan fingerprint density at radius 2 is 2.41 bits per heavy atom. The predicted molar refractivity (Wildman–Crippen MR) is 73.8 cm³/mol. The maximum Gasteiger partial charge on any atom is 0.221 e. The molecule has 0 bridgehead atoms. The number of hydrogen-bond donors (Lipinski definition) is 1. The van der Waals surface area contributed by atoms with Gasteiger partial charge in [0.05, 0.1) is 5.92 Å². The summed E-state index contributed by atoms with van der Waals surface area (Å²) in [6.07, 6.45) is 1.99. The first-order valence-electron chi connectivity index (χ1n) is 5.82. The van der Waals surface area contributed by atoms with E-state index in [-0.39, 0.29) is 11.8 Å². The molecule has 0 aromatic carbocycles. The summed E-state index contributed by atoms with van der Waals surface area (Å²) in [7, 11) is 0. The van der Waals surface area contributed by atoms with Crippen molar-refractivity contribution in [2.45, 2.75) is 32.4 Å². The van der Waals surface area contributed by atoms with Gasteiger partial charge in [0.15, 0.2) is 0 Å². The summed E-state index contributed by atoms with van der Waals surface area (Å²) in [6, 6.07) is 2.68. The van der Waals surface area contributed by atoms with Gasteiger partial charge >= 0.3 is 0 Å². The largest absolute Gasteiger partial charge is 0.369 e. The summed E-state index contributed by atoms with van der Waals surface area (Å²) in [5.74, 6) is -0.135. The van der Waals surface area contributed by atoms with Crippen LogP contribution in [-0.4, -0.2) is 23.4 Å². The van der Waals surface area contributed by atoms with Gasteiger partial charge in [0.1, 0.15) is 0 Å². The standard InChI is InChI=1S/C12H17BrN2OS/c1-8-2-3-9(12(14)16)5-15(8)6-11-4-10(13)7-17-11/h4,7-9H,2-3,5-6H2,1H3,(H2,14,16). The molecule has 17 heavy (non-hydrogen) atoms. The van der Waals surface area contributed by atoms with Crippen LogP contribution >= 0.6 is 27.3 Å². The summed E-state index contributed by atoms with van der Waals surface area (Å²) in [4.78, 5) is 14.9. The summed E-state index contributed by atoms with van der Waals surface area (Å²) >= 11 is 5.22. The van der Waals surface area contributed by atoms with Crippen molar-refractivity contribution in [2.75, 3.05) is 6.54 Å². The van der Waals surface area contributed by atoms with Gasteiger partial charge in [-0.25, -0.2) is 0 Å². The van der Waals surface area contributed by atoms with Crippen molar-refractivity contribution < 1.29 is 4.79 Å². The monoisotopic (exact) mass is 316 g/mol. The minimum Gasteiger partial charge on any atom is -0.369 e. The Morgan fingerprint density at radius 1 is 1.65 bits per heavy atom. The smallest absolute Gasteiger partial charge is 0.221 e. The Labute approximate surface area is 114 Å². The van der Waals surface area contributed by atoms with E-state index < -0.39 is 0 Å². The lowest BCUT2D eigenvalue weighted by molar-refractivity contribution is -0.124. The van der Waals surface area contributed by atoms with Crippen LogP contribution in [0.15, 0.2) is 15.9 Å². The van der Waals surface area contributed by atoms with Crippen LogP contribution < -0.4 is 5.73 Å². The van der Waals surface area contributed by atoms with Gasteiger partial charge in [0, 0.05) is 33.9 Å². The van der Waals surface area contributed by atoms with Gasteiger partial charge in [-0.3, -0.25) is 9.69 Å². The maximum absolute atomic E-state index is 11.3. The molecule has 1 amide bonds. The van der Waals surface area contributed by atoms with Crippen molar-refractivity contribution >= 4 is 33.2 Å². The molecular weight excluding hydrogens is 300 g/mol. The van der Waals surface area contributed by atoms with E-state index in [4.69, 9.17) is 5.73 Å². The number of nitrogens with zero attached hydrogens (tertiary/aromatic N) is 1. The number of thiophene rings is 1. The van der Waals surface area contributed by atoms with Gasteiger partial charge in [-0.15, -0.1) is 11.3 Å². The van der Waals surface area contributed by atoms with E-state index in [0.717, 1.165) is 30.4 Å². The van der Waals surface area contributed by atoms with E-state index in [1.807, 2.05) is 0 Å². The molecule has 0 spiro atoms. The molecule has 1 saturated heterocycles. The van der Waals surface area contributed by atoms with Gasteiger partial charge in [-0.2, -0.15) is 0 Å². The molecular formula is C12H17BrN2OS.